The summed E-state index contributed by atoms with van der Waals surface area (Å²) < 4.78 is 30.0. The highest BCUT2D eigenvalue weighted by atomic mass is 19.1. The van der Waals surface area contributed by atoms with Crippen LogP contribution >= 0.6 is 0 Å². The highest BCUT2D eigenvalue weighted by molar-refractivity contribution is 5.81. The zero-order valence-corrected chi connectivity index (χ0v) is 15.8. The van der Waals surface area contributed by atoms with E-state index < -0.39 is 11.9 Å². The van der Waals surface area contributed by atoms with Crippen LogP contribution in [0.5, 0.6) is 17.2 Å². The Morgan fingerprint density at radius 1 is 1.11 bits per heavy atom. The van der Waals surface area contributed by atoms with Gasteiger partial charge in [0, 0.05) is 6.54 Å². The number of nitrogens with zero attached hydrogens (tertiary/aromatic N) is 1. The maximum atomic E-state index is 13.8. The van der Waals surface area contributed by atoms with Crippen molar-refractivity contribution in [1.82, 2.24) is 4.90 Å². The Morgan fingerprint density at radius 3 is 2.56 bits per heavy atom. The predicted octanol–water partition coefficient (Wildman–Crippen LogP) is 3.97. The third kappa shape index (κ3) is 3.99. The molecular formula is C21H24FNO4. The van der Waals surface area contributed by atoms with Crippen LogP contribution < -0.4 is 14.2 Å². The fourth-order valence-corrected chi connectivity index (χ4v) is 3.45. The second-order valence-electron chi connectivity index (χ2n) is 6.49. The summed E-state index contributed by atoms with van der Waals surface area (Å²) in [7, 11) is 3.17. The number of likely N-dealkylation sites (tertiary alicyclic amines) is 1. The van der Waals surface area contributed by atoms with E-state index in [1.807, 2.05) is 18.2 Å². The van der Waals surface area contributed by atoms with Crippen molar-refractivity contribution in [3.05, 3.63) is 53.8 Å². The number of methoxy groups -OCH3 is 2. The number of ether oxygens (including phenoxy) is 3. The normalized spacial score (nSPS) is 17.5. The van der Waals surface area contributed by atoms with Gasteiger partial charge in [-0.2, -0.15) is 0 Å². The summed E-state index contributed by atoms with van der Waals surface area (Å²) in [6.45, 7) is 2.29. The van der Waals surface area contributed by atoms with Crippen LogP contribution in [0.3, 0.4) is 0 Å². The molecule has 6 heteroatoms. The minimum absolute atomic E-state index is 0.0658. The lowest BCUT2D eigenvalue weighted by molar-refractivity contribution is -0.139. The lowest BCUT2D eigenvalue weighted by atomic mass is 10.0. The number of hydrogen-bond donors (Lipinski definition) is 0. The van der Waals surface area contributed by atoms with Crippen LogP contribution in [0.1, 0.15) is 31.4 Å². The molecule has 0 N–H and O–H groups in total. The highest BCUT2D eigenvalue weighted by Gasteiger charge is 2.34. The van der Waals surface area contributed by atoms with Crippen LogP contribution in [0.2, 0.25) is 0 Å². The van der Waals surface area contributed by atoms with Crippen LogP contribution in [0.4, 0.5) is 4.39 Å². The number of para-hydroxylation sites is 1. The molecule has 1 heterocycles. The first-order chi connectivity index (χ1) is 13.0. The maximum Gasteiger partial charge on any atom is 0.263 e. The molecule has 3 rings (SSSR count). The maximum absolute atomic E-state index is 13.8. The molecular weight excluding hydrogens is 349 g/mol. The van der Waals surface area contributed by atoms with Gasteiger partial charge in [-0.3, -0.25) is 4.79 Å². The molecule has 2 aromatic carbocycles. The molecule has 0 bridgehead atoms. The van der Waals surface area contributed by atoms with E-state index in [0.717, 1.165) is 18.4 Å². The first kappa shape index (κ1) is 19.0. The van der Waals surface area contributed by atoms with Crippen molar-refractivity contribution < 1.29 is 23.4 Å². The fraction of sp³-hybridized carbons (Fsp3) is 0.381. The van der Waals surface area contributed by atoms with Crippen molar-refractivity contribution in [3.63, 3.8) is 0 Å². The number of halogens is 1. The van der Waals surface area contributed by atoms with Gasteiger partial charge in [-0.05, 0) is 49.6 Å². The quantitative estimate of drug-likeness (QED) is 0.769. The first-order valence-corrected chi connectivity index (χ1v) is 8.98. The zero-order chi connectivity index (χ0) is 19.4. The topological polar surface area (TPSA) is 48.0 Å². The van der Waals surface area contributed by atoms with Gasteiger partial charge in [-0.15, -0.1) is 0 Å². The van der Waals surface area contributed by atoms with Crippen LogP contribution in [0.25, 0.3) is 0 Å². The summed E-state index contributed by atoms with van der Waals surface area (Å²) in [5.74, 6) is 0.726. The number of carbonyl (C=O) groups excluding carboxylic acids is 1. The zero-order valence-electron chi connectivity index (χ0n) is 15.8. The minimum Gasteiger partial charge on any atom is -0.493 e. The second kappa shape index (κ2) is 8.29. The molecule has 1 saturated heterocycles. The molecule has 5 nitrogen and oxygen atoms in total. The second-order valence-corrected chi connectivity index (χ2v) is 6.49. The number of hydrogen-bond acceptors (Lipinski definition) is 4. The molecule has 0 aromatic heterocycles. The molecule has 2 aromatic rings. The smallest absolute Gasteiger partial charge is 0.263 e. The Bertz CT molecular complexity index is 811. The summed E-state index contributed by atoms with van der Waals surface area (Å²) in [4.78, 5) is 14.7. The van der Waals surface area contributed by atoms with Crippen LogP contribution in [-0.4, -0.2) is 37.7 Å². The molecule has 2 atom stereocenters. The predicted molar refractivity (Wildman–Crippen MR) is 99.7 cm³/mol. The van der Waals surface area contributed by atoms with E-state index in [-0.39, 0.29) is 17.7 Å². The van der Waals surface area contributed by atoms with Gasteiger partial charge < -0.3 is 19.1 Å². The van der Waals surface area contributed by atoms with Crippen molar-refractivity contribution in [1.29, 1.82) is 0 Å². The van der Waals surface area contributed by atoms with E-state index in [4.69, 9.17) is 14.2 Å². The first-order valence-electron chi connectivity index (χ1n) is 8.98. The monoisotopic (exact) mass is 373 g/mol. The van der Waals surface area contributed by atoms with Crippen molar-refractivity contribution in [2.45, 2.75) is 31.9 Å². The molecule has 0 radical (unpaired) electrons. The molecule has 144 valence electrons. The van der Waals surface area contributed by atoms with Gasteiger partial charge in [0.25, 0.3) is 5.91 Å². The summed E-state index contributed by atoms with van der Waals surface area (Å²) in [5, 5.41) is 0. The van der Waals surface area contributed by atoms with Crippen molar-refractivity contribution in [3.8, 4) is 17.2 Å². The summed E-state index contributed by atoms with van der Waals surface area (Å²) >= 11 is 0. The Hall–Kier alpha value is -2.76. The summed E-state index contributed by atoms with van der Waals surface area (Å²) in [6, 6.07) is 11.7. The van der Waals surface area contributed by atoms with Crippen LogP contribution in [0.15, 0.2) is 42.5 Å². The standard InChI is InChI=1S/C21H24FNO4/c1-14(27-18-9-5-4-7-16(18)22)21(24)23-12-6-8-17(23)15-10-11-19(25-2)20(13-15)26-3/h4-5,7,9-11,13-14,17H,6,8,12H2,1-3H3/t14-,17-/m1/s1. The Labute approximate surface area is 158 Å². The highest BCUT2D eigenvalue weighted by Crippen LogP contribution is 2.37. The van der Waals surface area contributed by atoms with Crippen molar-refractivity contribution in [2.75, 3.05) is 20.8 Å². The van der Waals surface area contributed by atoms with Crippen molar-refractivity contribution >= 4 is 5.91 Å². The van der Waals surface area contributed by atoms with Crippen LogP contribution in [-0.2, 0) is 4.79 Å². The molecule has 1 aliphatic heterocycles. The summed E-state index contributed by atoms with van der Waals surface area (Å²) in [6.07, 6.45) is 0.979. The summed E-state index contributed by atoms with van der Waals surface area (Å²) in [5.41, 5.74) is 0.983. The van der Waals surface area contributed by atoms with E-state index in [1.165, 1.54) is 12.1 Å². The van der Waals surface area contributed by atoms with Gasteiger partial charge in [0.1, 0.15) is 0 Å². The Morgan fingerprint density at radius 2 is 1.85 bits per heavy atom. The fourth-order valence-electron chi connectivity index (χ4n) is 3.45. The number of carbonyl (C=O) groups is 1. The van der Waals surface area contributed by atoms with E-state index in [9.17, 15) is 9.18 Å². The molecule has 0 spiro atoms. The minimum atomic E-state index is -0.775. The molecule has 0 saturated carbocycles. The molecule has 1 amide bonds. The van der Waals surface area contributed by atoms with Crippen LogP contribution in [0, 0.1) is 5.82 Å². The molecule has 1 fully saturated rings. The molecule has 0 unspecified atom stereocenters. The number of amides is 1. The average molecular weight is 373 g/mol. The lowest BCUT2D eigenvalue weighted by Gasteiger charge is -2.28. The van der Waals surface area contributed by atoms with Gasteiger partial charge in [0.15, 0.2) is 29.2 Å². The van der Waals surface area contributed by atoms with Gasteiger partial charge in [-0.1, -0.05) is 18.2 Å². The Balaban J connectivity index is 1.77. The van der Waals surface area contributed by atoms with E-state index in [1.54, 1.807) is 38.2 Å². The van der Waals surface area contributed by atoms with E-state index >= 15 is 0 Å². The molecule has 0 aliphatic carbocycles. The number of benzene rings is 2. The molecule has 1 aliphatic rings. The molecule has 27 heavy (non-hydrogen) atoms. The lowest BCUT2D eigenvalue weighted by Crippen LogP contribution is -2.40. The van der Waals surface area contributed by atoms with Crippen molar-refractivity contribution in [2.24, 2.45) is 0 Å². The van der Waals surface area contributed by atoms with Gasteiger partial charge >= 0.3 is 0 Å². The van der Waals surface area contributed by atoms with E-state index in [0.29, 0.717) is 18.0 Å². The average Bonchev–Trinajstić information content (AvgIpc) is 3.18. The van der Waals surface area contributed by atoms with Gasteiger partial charge in [0.2, 0.25) is 0 Å². The third-order valence-corrected chi connectivity index (χ3v) is 4.82. The SMILES string of the molecule is COc1ccc([C@H]2CCCN2C(=O)[C@@H](C)Oc2ccccc2F)cc1OC. The van der Waals surface area contributed by atoms with E-state index in [2.05, 4.69) is 0 Å². The largest absolute Gasteiger partial charge is 0.493 e. The third-order valence-electron chi connectivity index (χ3n) is 4.82. The van der Waals surface area contributed by atoms with Gasteiger partial charge in [0.05, 0.1) is 20.3 Å². The Kier molecular flexibility index (Phi) is 5.84. The van der Waals surface area contributed by atoms with Gasteiger partial charge in [-0.25, -0.2) is 4.39 Å². The number of rotatable bonds is 6.